The van der Waals surface area contributed by atoms with Crippen molar-refractivity contribution in [1.29, 1.82) is 0 Å². The maximum Gasteiger partial charge on any atom is 0.255 e. The maximum absolute atomic E-state index is 13.0. The fraction of sp³-hybridized carbons (Fsp3) is 0.591. The van der Waals surface area contributed by atoms with Crippen molar-refractivity contribution in [3.05, 3.63) is 34.9 Å². The summed E-state index contributed by atoms with van der Waals surface area (Å²) < 4.78 is 0. The van der Waals surface area contributed by atoms with Crippen LogP contribution in [0.2, 0.25) is 0 Å². The number of hydrogen-bond acceptors (Lipinski definition) is 5. The Balaban J connectivity index is 1.32. The Morgan fingerprint density at radius 2 is 2.00 bits per heavy atom. The first kappa shape index (κ1) is 18.8. The molecule has 29 heavy (non-hydrogen) atoms. The monoisotopic (exact) mass is 396 g/mol. The zero-order valence-electron chi connectivity index (χ0n) is 16.6. The molecule has 3 N–H and O–H groups in total. The predicted molar refractivity (Wildman–Crippen MR) is 107 cm³/mol. The molecule has 154 valence electrons. The normalized spacial score (nSPS) is 31.9. The molecule has 0 spiro atoms. The first-order chi connectivity index (χ1) is 14.0. The summed E-state index contributed by atoms with van der Waals surface area (Å²) in [6.45, 7) is 3.15. The van der Waals surface area contributed by atoms with Gasteiger partial charge in [0.25, 0.3) is 5.91 Å². The van der Waals surface area contributed by atoms with Crippen LogP contribution >= 0.6 is 0 Å². The standard InChI is InChI=1S/C22H28N4O3/c23-9-16-7-13-2-4-18(16)25(10-13)11-14-1-3-15-12-26(22(29)17(15)8-14)19-5-6-20(27)24-21(19)28/h1,3,8,13,16,18-19H,2,4-7,9-12,23H2,(H,24,27,28). The molecule has 0 radical (unpaired) electrons. The van der Waals surface area contributed by atoms with Crippen molar-refractivity contribution in [3.8, 4) is 0 Å². The second kappa shape index (κ2) is 7.22. The highest BCUT2D eigenvalue weighted by Crippen LogP contribution is 2.39. The molecule has 0 aromatic heterocycles. The predicted octanol–water partition coefficient (Wildman–Crippen LogP) is 1.01. The van der Waals surface area contributed by atoms with Gasteiger partial charge in [-0.25, -0.2) is 0 Å². The molecule has 1 aliphatic carbocycles. The minimum Gasteiger partial charge on any atom is -0.330 e. The zero-order chi connectivity index (χ0) is 20.1. The average molecular weight is 396 g/mol. The molecule has 3 amide bonds. The van der Waals surface area contributed by atoms with Crippen molar-refractivity contribution in [2.75, 3.05) is 13.1 Å². The Kier molecular flexibility index (Phi) is 4.67. The van der Waals surface area contributed by atoms with Crippen molar-refractivity contribution in [2.24, 2.45) is 17.6 Å². The number of imide groups is 1. The van der Waals surface area contributed by atoms with Gasteiger partial charge in [0, 0.05) is 37.7 Å². The van der Waals surface area contributed by atoms with Crippen LogP contribution in [0.5, 0.6) is 0 Å². The van der Waals surface area contributed by atoms with Crippen molar-refractivity contribution >= 4 is 17.7 Å². The number of hydrogen-bond donors (Lipinski definition) is 2. The van der Waals surface area contributed by atoms with Crippen LogP contribution in [-0.4, -0.2) is 52.7 Å². The molecule has 1 saturated carbocycles. The van der Waals surface area contributed by atoms with E-state index >= 15 is 0 Å². The summed E-state index contributed by atoms with van der Waals surface area (Å²) in [6.07, 6.45) is 4.46. The van der Waals surface area contributed by atoms with E-state index in [2.05, 4.69) is 16.3 Å². The number of nitrogens with one attached hydrogen (secondary N) is 1. The third-order valence-corrected chi connectivity index (χ3v) is 7.29. The van der Waals surface area contributed by atoms with Crippen molar-refractivity contribution in [1.82, 2.24) is 15.1 Å². The number of rotatable bonds is 4. The molecule has 3 saturated heterocycles. The number of benzene rings is 1. The van der Waals surface area contributed by atoms with Crippen LogP contribution < -0.4 is 11.1 Å². The van der Waals surface area contributed by atoms with E-state index in [0.717, 1.165) is 36.7 Å². The molecule has 4 atom stereocenters. The summed E-state index contributed by atoms with van der Waals surface area (Å²) in [5.74, 6) is 0.606. The van der Waals surface area contributed by atoms with Gasteiger partial charge in [-0.2, -0.15) is 0 Å². The average Bonchev–Trinajstić information content (AvgIpc) is 3.04. The molecule has 1 aromatic carbocycles. The summed E-state index contributed by atoms with van der Waals surface area (Å²) in [6, 6.07) is 6.13. The molecule has 4 unspecified atom stereocenters. The van der Waals surface area contributed by atoms with E-state index in [9.17, 15) is 14.4 Å². The zero-order valence-corrected chi connectivity index (χ0v) is 16.6. The molecule has 7 heteroatoms. The molecule has 4 aliphatic heterocycles. The summed E-state index contributed by atoms with van der Waals surface area (Å²) in [4.78, 5) is 40.8. The lowest BCUT2D eigenvalue weighted by Crippen LogP contribution is -2.54. The van der Waals surface area contributed by atoms with Gasteiger partial charge in [0.15, 0.2) is 0 Å². The number of carbonyl (C=O) groups is 3. The number of carbonyl (C=O) groups excluding carboxylic acids is 3. The largest absolute Gasteiger partial charge is 0.330 e. The molecule has 2 bridgehead atoms. The van der Waals surface area contributed by atoms with E-state index in [4.69, 9.17) is 5.73 Å². The summed E-state index contributed by atoms with van der Waals surface area (Å²) in [5, 5.41) is 2.36. The van der Waals surface area contributed by atoms with E-state index in [1.807, 2.05) is 12.1 Å². The fourth-order valence-corrected chi connectivity index (χ4v) is 5.83. The molecule has 6 rings (SSSR count). The first-order valence-corrected chi connectivity index (χ1v) is 10.7. The third kappa shape index (κ3) is 3.26. The number of piperidine rings is 3. The molecule has 4 heterocycles. The van der Waals surface area contributed by atoms with Gasteiger partial charge in [0.1, 0.15) is 6.04 Å². The topological polar surface area (TPSA) is 95.7 Å². The van der Waals surface area contributed by atoms with Crippen molar-refractivity contribution < 1.29 is 14.4 Å². The summed E-state index contributed by atoms with van der Waals surface area (Å²) in [5.41, 5.74) is 8.82. The minimum atomic E-state index is -0.556. The highest BCUT2D eigenvalue weighted by molar-refractivity contribution is 6.05. The summed E-state index contributed by atoms with van der Waals surface area (Å²) in [7, 11) is 0. The van der Waals surface area contributed by atoms with Gasteiger partial charge in [0.05, 0.1) is 0 Å². The van der Waals surface area contributed by atoms with Gasteiger partial charge in [-0.15, -0.1) is 0 Å². The Hall–Kier alpha value is -2.25. The van der Waals surface area contributed by atoms with Crippen LogP contribution in [0.4, 0.5) is 0 Å². The smallest absolute Gasteiger partial charge is 0.255 e. The maximum atomic E-state index is 13.0. The van der Waals surface area contributed by atoms with E-state index in [-0.39, 0.29) is 24.1 Å². The van der Waals surface area contributed by atoms with Crippen LogP contribution in [0.25, 0.3) is 0 Å². The van der Waals surface area contributed by atoms with Gasteiger partial charge in [0.2, 0.25) is 11.8 Å². The van der Waals surface area contributed by atoms with Gasteiger partial charge in [-0.05, 0) is 61.3 Å². The second-order valence-electron chi connectivity index (χ2n) is 9.06. The van der Waals surface area contributed by atoms with Gasteiger partial charge in [-0.1, -0.05) is 12.1 Å². The number of amides is 3. The lowest BCUT2D eigenvalue weighted by molar-refractivity contribution is -0.136. The third-order valence-electron chi connectivity index (χ3n) is 7.29. The SMILES string of the molecule is NCC1CC2CCC1N(Cc1ccc3c(c1)C(=O)N(C1CCC(=O)NC1=O)C3)C2. The molecular formula is C22H28N4O3. The fourth-order valence-electron chi connectivity index (χ4n) is 5.83. The molecule has 7 nitrogen and oxygen atoms in total. The Morgan fingerprint density at radius 1 is 1.14 bits per heavy atom. The van der Waals surface area contributed by atoms with E-state index in [1.54, 1.807) is 4.90 Å². The summed E-state index contributed by atoms with van der Waals surface area (Å²) >= 11 is 0. The van der Waals surface area contributed by atoms with E-state index in [1.165, 1.54) is 19.3 Å². The quantitative estimate of drug-likeness (QED) is 0.741. The van der Waals surface area contributed by atoms with Crippen molar-refractivity contribution in [2.45, 2.75) is 57.3 Å². The molecule has 1 aromatic rings. The van der Waals surface area contributed by atoms with Gasteiger partial charge in [-0.3, -0.25) is 24.6 Å². The van der Waals surface area contributed by atoms with Crippen LogP contribution in [0.1, 0.15) is 53.6 Å². The van der Waals surface area contributed by atoms with Gasteiger partial charge >= 0.3 is 0 Å². The van der Waals surface area contributed by atoms with Crippen LogP contribution in [-0.2, 0) is 22.7 Å². The lowest BCUT2D eigenvalue weighted by Gasteiger charge is -2.50. The first-order valence-electron chi connectivity index (χ1n) is 10.7. The highest BCUT2D eigenvalue weighted by Gasteiger charge is 2.41. The Bertz CT molecular complexity index is 870. The van der Waals surface area contributed by atoms with Crippen LogP contribution in [0, 0.1) is 11.8 Å². The lowest BCUT2D eigenvalue weighted by atomic mass is 9.72. The van der Waals surface area contributed by atoms with Gasteiger partial charge < -0.3 is 10.6 Å². The highest BCUT2D eigenvalue weighted by atomic mass is 16.2. The minimum absolute atomic E-state index is 0.101. The van der Waals surface area contributed by atoms with Crippen LogP contribution in [0.3, 0.4) is 0 Å². The molecule has 5 aliphatic rings. The molecular weight excluding hydrogens is 368 g/mol. The van der Waals surface area contributed by atoms with E-state index in [0.29, 0.717) is 30.5 Å². The Morgan fingerprint density at radius 3 is 2.76 bits per heavy atom. The number of nitrogens with zero attached hydrogens (tertiary/aromatic N) is 2. The Labute approximate surface area is 170 Å². The van der Waals surface area contributed by atoms with E-state index < -0.39 is 6.04 Å². The van der Waals surface area contributed by atoms with Crippen molar-refractivity contribution in [3.63, 3.8) is 0 Å². The molecule has 4 fully saturated rings. The second-order valence-corrected chi connectivity index (χ2v) is 9.06. The van der Waals surface area contributed by atoms with Crippen LogP contribution in [0.15, 0.2) is 18.2 Å². The number of nitrogens with two attached hydrogens (primary N) is 1. The number of fused-ring (bicyclic) bond motifs is 4.